The number of aryl methyl sites for hydroxylation is 1. The van der Waals surface area contributed by atoms with Gasteiger partial charge in [-0.2, -0.15) is 0 Å². The van der Waals surface area contributed by atoms with Crippen LogP contribution in [0.25, 0.3) is 11.0 Å². The van der Waals surface area contributed by atoms with Crippen LogP contribution in [-0.2, 0) is 7.05 Å². The van der Waals surface area contributed by atoms with E-state index < -0.39 is 11.2 Å². The summed E-state index contributed by atoms with van der Waals surface area (Å²) >= 11 is 0. The predicted octanol–water partition coefficient (Wildman–Crippen LogP) is -0.164. The van der Waals surface area contributed by atoms with E-state index in [-0.39, 0.29) is 22.5 Å². The van der Waals surface area contributed by atoms with Crippen molar-refractivity contribution < 1.29 is 4.79 Å². The molecule has 0 aliphatic heterocycles. The number of pyridine rings is 1. The zero-order valence-corrected chi connectivity index (χ0v) is 14.0. The molecule has 1 aliphatic rings. The maximum absolute atomic E-state index is 12.6. The highest BCUT2D eigenvalue weighted by molar-refractivity contribution is 5.97. The van der Waals surface area contributed by atoms with Crippen LogP contribution in [0.15, 0.2) is 21.9 Å². The summed E-state index contributed by atoms with van der Waals surface area (Å²) in [6.07, 6.45) is 4.37. The van der Waals surface area contributed by atoms with Gasteiger partial charge in [0.05, 0.1) is 16.5 Å². The van der Waals surface area contributed by atoms with Crippen LogP contribution < -0.4 is 16.6 Å². The fourth-order valence-electron chi connectivity index (χ4n) is 3.21. The van der Waals surface area contributed by atoms with Crippen molar-refractivity contribution in [3.8, 4) is 0 Å². The first-order valence-electron chi connectivity index (χ1n) is 7.88. The Balaban J connectivity index is 1.93. The Morgan fingerprint density at radius 3 is 2.71 bits per heavy atom. The van der Waals surface area contributed by atoms with E-state index in [0.717, 1.165) is 25.8 Å². The van der Waals surface area contributed by atoms with Crippen molar-refractivity contribution in [2.24, 2.45) is 7.05 Å². The Hall–Kier alpha value is -2.48. The maximum atomic E-state index is 12.6. The van der Waals surface area contributed by atoms with Crippen molar-refractivity contribution in [2.45, 2.75) is 24.8 Å². The van der Waals surface area contributed by atoms with Crippen molar-refractivity contribution in [2.75, 3.05) is 20.6 Å². The number of carbonyl (C=O) groups is 1. The molecule has 1 fully saturated rings. The molecular weight excluding hydrogens is 310 g/mol. The van der Waals surface area contributed by atoms with Crippen LogP contribution in [0, 0.1) is 0 Å². The molecule has 128 valence electrons. The zero-order chi connectivity index (χ0) is 17.5. The van der Waals surface area contributed by atoms with Gasteiger partial charge in [-0.1, -0.05) is 0 Å². The predicted molar refractivity (Wildman–Crippen MR) is 90.2 cm³/mol. The average Bonchev–Trinajstić information content (AvgIpc) is 2.49. The molecule has 2 aromatic heterocycles. The first kappa shape index (κ1) is 16.4. The van der Waals surface area contributed by atoms with Gasteiger partial charge in [-0.25, -0.2) is 9.78 Å². The highest BCUT2D eigenvalue weighted by atomic mass is 16.2. The Morgan fingerprint density at radius 2 is 2.12 bits per heavy atom. The third kappa shape index (κ3) is 2.84. The number of nitrogens with one attached hydrogen (secondary N) is 2. The van der Waals surface area contributed by atoms with Gasteiger partial charge >= 0.3 is 5.69 Å². The average molecular weight is 331 g/mol. The minimum absolute atomic E-state index is 0.217. The van der Waals surface area contributed by atoms with Gasteiger partial charge in [0.1, 0.15) is 5.65 Å². The van der Waals surface area contributed by atoms with Crippen LogP contribution in [0.2, 0.25) is 0 Å². The van der Waals surface area contributed by atoms with Gasteiger partial charge in [-0.3, -0.25) is 19.1 Å². The number of amides is 1. The monoisotopic (exact) mass is 331 g/mol. The second-order valence-electron chi connectivity index (χ2n) is 6.74. The van der Waals surface area contributed by atoms with E-state index in [9.17, 15) is 14.4 Å². The highest BCUT2D eigenvalue weighted by Crippen LogP contribution is 2.32. The fourth-order valence-corrected chi connectivity index (χ4v) is 3.21. The summed E-state index contributed by atoms with van der Waals surface area (Å²) in [5, 5.41) is 3.31. The zero-order valence-electron chi connectivity index (χ0n) is 14.0. The molecule has 0 spiro atoms. The molecule has 0 unspecified atom stereocenters. The minimum atomic E-state index is -0.540. The number of H-pyrrole nitrogens is 1. The van der Waals surface area contributed by atoms with E-state index in [1.54, 1.807) is 0 Å². The summed E-state index contributed by atoms with van der Waals surface area (Å²) in [7, 11) is 5.47. The second kappa shape index (κ2) is 5.86. The second-order valence-corrected chi connectivity index (χ2v) is 6.74. The first-order valence-corrected chi connectivity index (χ1v) is 7.88. The molecule has 3 rings (SSSR count). The van der Waals surface area contributed by atoms with Gasteiger partial charge in [-0.05, 0) is 39.4 Å². The molecule has 0 atom stereocenters. The molecule has 8 nitrogen and oxygen atoms in total. The third-order valence-corrected chi connectivity index (χ3v) is 4.52. The summed E-state index contributed by atoms with van der Waals surface area (Å²) < 4.78 is 1.25. The van der Waals surface area contributed by atoms with Gasteiger partial charge < -0.3 is 10.2 Å². The van der Waals surface area contributed by atoms with E-state index in [2.05, 4.69) is 20.2 Å². The number of rotatable bonds is 4. The SMILES string of the molecule is CN(C)CC1(NC(=O)c2cnc3c(c2)c(=O)[nH]c(=O)n3C)CCC1. The number of carbonyl (C=O) groups excluding carboxylic acids is 1. The van der Waals surface area contributed by atoms with Crippen LogP contribution in [0.1, 0.15) is 29.6 Å². The number of likely N-dealkylation sites (N-methyl/N-ethyl adjacent to an activating group) is 1. The molecule has 1 saturated carbocycles. The van der Waals surface area contributed by atoms with E-state index in [1.807, 2.05) is 14.1 Å². The van der Waals surface area contributed by atoms with E-state index >= 15 is 0 Å². The molecule has 1 amide bonds. The van der Waals surface area contributed by atoms with Gasteiger partial charge in [-0.15, -0.1) is 0 Å². The van der Waals surface area contributed by atoms with Crippen LogP contribution >= 0.6 is 0 Å². The maximum Gasteiger partial charge on any atom is 0.329 e. The molecule has 24 heavy (non-hydrogen) atoms. The standard InChI is InChI=1S/C16H21N5O3/c1-20(2)9-16(5-4-6-16)19-13(22)10-7-11-12(17-8-10)21(3)15(24)18-14(11)23/h7-8H,4-6,9H2,1-3H3,(H,19,22)(H,18,23,24). The fraction of sp³-hybridized carbons (Fsp3) is 0.500. The lowest BCUT2D eigenvalue weighted by Gasteiger charge is -2.44. The van der Waals surface area contributed by atoms with Gasteiger partial charge in [0.15, 0.2) is 0 Å². The molecule has 2 N–H and O–H groups in total. The van der Waals surface area contributed by atoms with Gasteiger partial charge in [0, 0.05) is 19.8 Å². The number of aromatic amines is 1. The van der Waals surface area contributed by atoms with Crippen molar-refractivity contribution in [1.82, 2.24) is 24.8 Å². The Kier molecular flexibility index (Phi) is 4.00. The van der Waals surface area contributed by atoms with E-state index in [0.29, 0.717) is 5.56 Å². The third-order valence-electron chi connectivity index (χ3n) is 4.52. The summed E-state index contributed by atoms with van der Waals surface area (Å²) in [4.78, 5) is 44.6. The summed E-state index contributed by atoms with van der Waals surface area (Å²) in [6.45, 7) is 0.773. The minimum Gasteiger partial charge on any atom is -0.345 e. The normalized spacial score (nSPS) is 16.2. The molecule has 0 saturated heterocycles. The molecule has 2 aromatic rings. The van der Waals surface area contributed by atoms with E-state index in [1.165, 1.54) is 23.9 Å². The topological polar surface area (TPSA) is 100 Å². The Morgan fingerprint density at radius 1 is 1.42 bits per heavy atom. The summed E-state index contributed by atoms with van der Waals surface area (Å²) in [5.74, 6) is -0.251. The summed E-state index contributed by atoms with van der Waals surface area (Å²) in [5.41, 5.74) is -0.715. The quantitative estimate of drug-likeness (QED) is 0.811. The lowest BCUT2D eigenvalue weighted by Crippen LogP contribution is -2.58. The summed E-state index contributed by atoms with van der Waals surface area (Å²) in [6, 6.07) is 1.48. The Bertz CT molecular complexity index is 908. The Labute approximate surface area is 138 Å². The van der Waals surface area contributed by atoms with Crippen molar-refractivity contribution in [3.63, 3.8) is 0 Å². The highest BCUT2D eigenvalue weighted by Gasteiger charge is 2.38. The first-order chi connectivity index (χ1) is 11.3. The molecule has 0 radical (unpaired) electrons. The largest absolute Gasteiger partial charge is 0.345 e. The van der Waals surface area contributed by atoms with E-state index in [4.69, 9.17) is 0 Å². The van der Waals surface area contributed by atoms with Crippen LogP contribution in [0.4, 0.5) is 0 Å². The van der Waals surface area contributed by atoms with Crippen molar-refractivity contribution in [1.29, 1.82) is 0 Å². The lowest BCUT2D eigenvalue weighted by atomic mass is 9.76. The number of hydrogen-bond acceptors (Lipinski definition) is 5. The van der Waals surface area contributed by atoms with Crippen molar-refractivity contribution >= 4 is 16.9 Å². The molecule has 1 aliphatic carbocycles. The van der Waals surface area contributed by atoms with Crippen molar-refractivity contribution in [3.05, 3.63) is 38.7 Å². The molecule has 0 aromatic carbocycles. The van der Waals surface area contributed by atoms with Crippen LogP contribution in [-0.4, -0.2) is 51.5 Å². The smallest absolute Gasteiger partial charge is 0.329 e. The molecular formula is C16H21N5O3. The molecule has 8 heteroatoms. The number of nitrogens with zero attached hydrogens (tertiary/aromatic N) is 3. The van der Waals surface area contributed by atoms with Gasteiger partial charge in [0.25, 0.3) is 11.5 Å². The number of aromatic nitrogens is 3. The van der Waals surface area contributed by atoms with Gasteiger partial charge in [0.2, 0.25) is 0 Å². The number of fused-ring (bicyclic) bond motifs is 1. The number of hydrogen-bond donors (Lipinski definition) is 2. The molecule has 2 heterocycles. The van der Waals surface area contributed by atoms with Crippen LogP contribution in [0.3, 0.4) is 0 Å². The lowest BCUT2D eigenvalue weighted by molar-refractivity contribution is 0.0772. The molecule has 0 bridgehead atoms. The van der Waals surface area contributed by atoms with Crippen LogP contribution in [0.5, 0.6) is 0 Å².